The first-order valence-corrected chi connectivity index (χ1v) is 6.62. The van der Waals surface area contributed by atoms with Gasteiger partial charge in [-0.2, -0.15) is 0 Å². The van der Waals surface area contributed by atoms with E-state index in [9.17, 15) is 9.18 Å². The number of halogens is 1. The van der Waals surface area contributed by atoms with Crippen molar-refractivity contribution in [1.29, 1.82) is 0 Å². The van der Waals surface area contributed by atoms with E-state index in [-0.39, 0.29) is 11.9 Å². The first-order valence-electron chi connectivity index (χ1n) is 6.62. The van der Waals surface area contributed by atoms with Gasteiger partial charge in [0.25, 0.3) is 0 Å². The third kappa shape index (κ3) is 2.09. The molecule has 2 aromatic rings. The van der Waals surface area contributed by atoms with Gasteiger partial charge in [-0.3, -0.25) is 4.79 Å². The monoisotopic (exact) mass is 270 g/mol. The van der Waals surface area contributed by atoms with Gasteiger partial charge in [-0.1, -0.05) is 18.2 Å². The Balaban J connectivity index is 2.03. The highest BCUT2D eigenvalue weighted by Gasteiger charge is 2.28. The average molecular weight is 270 g/mol. The molecule has 1 heterocycles. The number of fused-ring (bicyclic) bond motifs is 1. The zero-order valence-corrected chi connectivity index (χ0v) is 11.4. The number of rotatable bonds is 1. The lowest BCUT2D eigenvalue weighted by Gasteiger charge is -2.27. The molecule has 1 atom stereocenters. The van der Waals surface area contributed by atoms with E-state index < -0.39 is 5.82 Å². The Morgan fingerprint density at radius 1 is 1.20 bits per heavy atom. The van der Waals surface area contributed by atoms with Gasteiger partial charge in [0, 0.05) is 6.07 Å². The van der Waals surface area contributed by atoms with Crippen LogP contribution in [0.5, 0.6) is 5.75 Å². The van der Waals surface area contributed by atoms with Crippen LogP contribution < -0.4 is 4.74 Å². The molecule has 1 aliphatic rings. The summed E-state index contributed by atoms with van der Waals surface area (Å²) in [5.41, 5.74) is 3.73. The lowest BCUT2D eigenvalue weighted by atomic mass is 9.92. The number of ether oxygens (including phenoxy) is 1. The molecule has 0 saturated heterocycles. The second kappa shape index (κ2) is 4.75. The van der Waals surface area contributed by atoms with E-state index in [0.29, 0.717) is 17.7 Å². The Hall–Kier alpha value is -2.16. The number of benzene rings is 2. The summed E-state index contributed by atoms with van der Waals surface area (Å²) in [6.07, 6.45) is -0.0418. The van der Waals surface area contributed by atoms with Crippen molar-refractivity contribution in [2.75, 3.05) is 0 Å². The Labute approximate surface area is 117 Å². The molecule has 3 rings (SSSR count). The molecule has 0 amide bonds. The van der Waals surface area contributed by atoms with Crippen molar-refractivity contribution in [3.05, 3.63) is 64.5 Å². The minimum atomic E-state index is -0.391. The number of carbonyl (C=O) groups excluding carboxylic acids is 1. The van der Waals surface area contributed by atoms with E-state index in [1.807, 2.05) is 32.0 Å². The molecule has 2 aromatic carbocycles. The number of hydrogen-bond donors (Lipinski definition) is 0. The standard InChI is InChI=1S/C17H15FO2/c1-10-4-3-5-13(11(10)2)17-9-15(19)14-7-6-12(18)8-16(14)20-17/h3-8,17H,9H2,1-2H3. The predicted molar refractivity (Wildman–Crippen MR) is 74.6 cm³/mol. The van der Waals surface area contributed by atoms with E-state index in [1.165, 1.54) is 18.2 Å². The van der Waals surface area contributed by atoms with Crippen LogP contribution in [0.4, 0.5) is 4.39 Å². The van der Waals surface area contributed by atoms with Crippen molar-refractivity contribution in [3.63, 3.8) is 0 Å². The third-order valence-electron chi connectivity index (χ3n) is 3.88. The molecule has 0 radical (unpaired) electrons. The van der Waals surface area contributed by atoms with Crippen LogP contribution in [-0.2, 0) is 0 Å². The Bertz CT molecular complexity index is 691. The highest BCUT2D eigenvalue weighted by atomic mass is 19.1. The topological polar surface area (TPSA) is 26.3 Å². The molecule has 102 valence electrons. The van der Waals surface area contributed by atoms with Gasteiger partial charge in [-0.05, 0) is 42.7 Å². The summed E-state index contributed by atoms with van der Waals surface area (Å²) in [6.45, 7) is 4.04. The maximum atomic E-state index is 13.3. The van der Waals surface area contributed by atoms with Gasteiger partial charge in [0.05, 0.1) is 12.0 Å². The van der Waals surface area contributed by atoms with E-state index >= 15 is 0 Å². The summed E-state index contributed by atoms with van der Waals surface area (Å²) in [4.78, 5) is 12.2. The summed E-state index contributed by atoms with van der Waals surface area (Å²) >= 11 is 0. The Morgan fingerprint density at radius 2 is 2.00 bits per heavy atom. The number of aryl methyl sites for hydroxylation is 1. The largest absolute Gasteiger partial charge is 0.484 e. The molecule has 0 saturated carbocycles. The van der Waals surface area contributed by atoms with Crippen molar-refractivity contribution >= 4 is 5.78 Å². The van der Waals surface area contributed by atoms with Crippen LogP contribution in [0.15, 0.2) is 36.4 Å². The predicted octanol–water partition coefficient (Wildman–Crippen LogP) is 4.15. The van der Waals surface area contributed by atoms with Gasteiger partial charge in [0.15, 0.2) is 5.78 Å². The molecular formula is C17H15FO2. The van der Waals surface area contributed by atoms with Crippen LogP contribution in [-0.4, -0.2) is 5.78 Å². The molecule has 0 aliphatic carbocycles. The van der Waals surface area contributed by atoms with E-state index in [0.717, 1.165) is 16.7 Å². The summed E-state index contributed by atoms with van der Waals surface area (Å²) in [5, 5.41) is 0. The van der Waals surface area contributed by atoms with Gasteiger partial charge in [0.2, 0.25) is 0 Å². The molecule has 1 unspecified atom stereocenters. The lowest BCUT2D eigenvalue weighted by molar-refractivity contribution is 0.0848. The summed E-state index contributed by atoms with van der Waals surface area (Å²) in [7, 11) is 0. The number of hydrogen-bond acceptors (Lipinski definition) is 2. The molecule has 1 aliphatic heterocycles. The quantitative estimate of drug-likeness (QED) is 0.778. The second-order valence-electron chi connectivity index (χ2n) is 5.16. The Morgan fingerprint density at radius 3 is 2.80 bits per heavy atom. The van der Waals surface area contributed by atoms with Gasteiger partial charge in [0.1, 0.15) is 17.7 Å². The smallest absolute Gasteiger partial charge is 0.170 e. The van der Waals surface area contributed by atoms with Crippen LogP contribution in [0, 0.1) is 19.7 Å². The van der Waals surface area contributed by atoms with Crippen molar-refractivity contribution in [3.8, 4) is 5.75 Å². The van der Waals surface area contributed by atoms with Crippen molar-refractivity contribution in [2.24, 2.45) is 0 Å². The first-order chi connectivity index (χ1) is 9.56. The molecule has 0 bridgehead atoms. The minimum absolute atomic E-state index is 0.00263. The van der Waals surface area contributed by atoms with E-state index in [1.54, 1.807) is 0 Å². The SMILES string of the molecule is Cc1cccc(C2CC(=O)c3ccc(F)cc3O2)c1C. The second-order valence-corrected chi connectivity index (χ2v) is 5.16. The highest BCUT2D eigenvalue weighted by Crippen LogP contribution is 2.36. The normalized spacial score (nSPS) is 17.6. The lowest BCUT2D eigenvalue weighted by Crippen LogP contribution is -2.21. The zero-order valence-electron chi connectivity index (χ0n) is 11.4. The number of carbonyl (C=O) groups is 1. The number of ketones is 1. The van der Waals surface area contributed by atoms with E-state index in [4.69, 9.17) is 4.74 Å². The fraction of sp³-hybridized carbons (Fsp3) is 0.235. The van der Waals surface area contributed by atoms with Crippen molar-refractivity contribution in [1.82, 2.24) is 0 Å². The maximum absolute atomic E-state index is 13.3. The minimum Gasteiger partial charge on any atom is -0.484 e. The molecule has 20 heavy (non-hydrogen) atoms. The van der Waals surface area contributed by atoms with Gasteiger partial charge in [-0.25, -0.2) is 4.39 Å². The van der Waals surface area contributed by atoms with Crippen LogP contribution in [0.3, 0.4) is 0 Å². The van der Waals surface area contributed by atoms with Gasteiger partial charge in [-0.15, -0.1) is 0 Å². The van der Waals surface area contributed by atoms with Crippen molar-refractivity contribution in [2.45, 2.75) is 26.4 Å². The van der Waals surface area contributed by atoms with Crippen LogP contribution in [0.25, 0.3) is 0 Å². The fourth-order valence-corrected chi connectivity index (χ4v) is 2.59. The first kappa shape index (κ1) is 12.9. The van der Waals surface area contributed by atoms with Gasteiger partial charge >= 0.3 is 0 Å². The molecular weight excluding hydrogens is 255 g/mol. The van der Waals surface area contributed by atoms with Crippen LogP contribution >= 0.6 is 0 Å². The average Bonchev–Trinajstić information content (AvgIpc) is 2.41. The Kier molecular flexibility index (Phi) is 3.05. The zero-order chi connectivity index (χ0) is 14.3. The summed E-state index contributed by atoms with van der Waals surface area (Å²) in [6, 6.07) is 10.0. The molecule has 2 nitrogen and oxygen atoms in total. The maximum Gasteiger partial charge on any atom is 0.170 e. The van der Waals surface area contributed by atoms with Gasteiger partial charge < -0.3 is 4.74 Å². The summed E-state index contributed by atoms with van der Waals surface area (Å²) < 4.78 is 19.1. The molecule has 0 fully saturated rings. The number of Topliss-reactive ketones (excluding diaryl/α,β-unsaturated/α-hetero) is 1. The molecule has 0 aromatic heterocycles. The van der Waals surface area contributed by atoms with E-state index in [2.05, 4.69) is 0 Å². The van der Waals surface area contributed by atoms with Crippen LogP contribution in [0.1, 0.15) is 39.6 Å². The third-order valence-corrected chi connectivity index (χ3v) is 3.88. The fourth-order valence-electron chi connectivity index (χ4n) is 2.59. The summed E-state index contributed by atoms with van der Waals surface area (Å²) in [5.74, 6) is -0.0533. The van der Waals surface area contributed by atoms with Crippen LogP contribution in [0.2, 0.25) is 0 Å². The molecule has 0 spiro atoms. The highest BCUT2D eigenvalue weighted by molar-refractivity contribution is 6.00. The molecule has 3 heteroatoms. The van der Waals surface area contributed by atoms with Crippen molar-refractivity contribution < 1.29 is 13.9 Å². The molecule has 0 N–H and O–H groups in total.